The number of hydrogen-bond acceptors (Lipinski definition) is 2. The minimum Gasteiger partial charge on any atom is -0.508 e. The summed E-state index contributed by atoms with van der Waals surface area (Å²) in [6, 6.07) is 5.40. The third-order valence-corrected chi connectivity index (χ3v) is 2.59. The zero-order valence-corrected chi connectivity index (χ0v) is 9.62. The first-order valence-corrected chi connectivity index (χ1v) is 5.63. The molecule has 1 N–H and O–H groups in total. The third-order valence-electron chi connectivity index (χ3n) is 2.59. The van der Waals surface area contributed by atoms with Crippen LogP contribution in [0.3, 0.4) is 0 Å². The molecule has 0 aliphatic carbocycles. The highest BCUT2D eigenvalue weighted by molar-refractivity contribution is 5.39. The second-order valence-electron chi connectivity index (χ2n) is 3.81. The Hall–Kier alpha value is -1.18. The fraction of sp³-hybridized carbons (Fsp3) is 0.538. The van der Waals surface area contributed by atoms with Gasteiger partial charge in [0, 0.05) is 0 Å². The molecule has 0 saturated carbocycles. The van der Waals surface area contributed by atoms with Crippen LogP contribution >= 0.6 is 0 Å². The average Bonchev–Trinajstić information content (AvgIpc) is 2.26. The van der Waals surface area contributed by atoms with Gasteiger partial charge in [-0.25, -0.2) is 0 Å². The number of phenols is 1. The molecule has 84 valence electrons. The molecular formula is C13H20O2. The maximum Gasteiger partial charge on any atom is 0.119 e. The summed E-state index contributed by atoms with van der Waals surface area (Å²) >= 11 is 0. The Morgan fingerprint density at radius 2 is 2.00 bits per heavy atom. The highest BCUT2D eigenvalue weighted by Gasteiger charge is 2.02. The minimum absolute atomic E-state index is 0.382. The molecule has 0 fully saturated rings. The number of rotatable bonds is 6. The summed E-state index contributed by atoms with van der Waals surface area (Å²) in [7, 11) is 1.65. The summed E-state index contributed by atoms with van der Waals surface area (Å²) < 4.78 is 5.13. The molecule has 0 aliphatic rings. The minimum atomic E-state index is 0.382. The quantitative estimate of drug-likeness (QED) is 0.725. The van der Waals surface area contributed by atoms with E-state index in [1.165, 1.54) is 19.3 Å². The monoisotopic (exact) mass is 208 g/mol. The van der Waals surface area contributed by atoms with Crippen LogP contribution in [0.1, 0.15) is 38.2 Å². The van der Waals surface area contributed by atoms with Gasteiger partial charge in [-0.05, 0) is 36.6 Å². The lowest BCUT2D eigenvalue weighted by molar-refractivity contribution is 0.410. The van der Waals surface area contributed by atoms with Crippen molar-refractivity contribution in [2.75, 3.05) is 7.11 Å². The third kappa shape index (κ3) is 3.82. The molecule has 0 amide bonds. The van der Waals surface area contributed by atoms with E-state index in [1.54, 1.807) is 19.2 Å². The predicted octanol–water partition coefficient (Wildman–Crippen LogP) is 3.52. The summed E-state index contributed by atoms with van der Waals surface area (Å²) in [5, 5.41) is 9.63. The van der Waals surface area contributed by atoms with E-state index >= 15 is 0 Å². The molecule has 0 atom stereocenters. The summed E-state index contributed by atoms with van der Waals surface area (Å²) in [5.74, 6) is 1.20. The maximum absolute atomic E-state index is 9.63. The van der Waals surface area contributed by atoms with Crippen LogP contribution in [0.5, 0.6) is 11.5 Å². The van der Waals surface area contributed by atoms with Gasteiger partial charge in [-0.1, -0.05) is 26.2 Å². The first kappa shape index (κ1) is 11.9. The van der Waals surface area contributed by atoms with Crippen molar-refractivity contribution in [2.45, 2.75) is 39.0 Å². The molecule has 0 aliphatic heterocycles. The van der Waals surface area contributed by atoms with Gasteiger partial charge in [0.15, 0.2) is 0 Å². The summed E-state index contributed by atoms with van der Waals surface area (Å²) in [4.78, 5) is 0. The summed E-state index contributed by atoms with van der Waals surface area (Å²) in [6.07, 6.45) is 5.81. The van der Waals surface area contributed by atoms with Crippen LogP contribution in [0.25, 0.3) is 0 Å². The largest absolute Gasteiger partial charge is 0.508 e. The topological polar surface area (TPSA) is 29.5 Å². The fourth-order valence-electron chi connectivity index (χ4n) is 1.63. The van der Waals surface area contributed by atoms with Crippen molar-refractivity contribution in [2.24, 2.45) is 0 Å². The van der Waals surface area contributed by atoms with Gasteiger partial charge in [-0.15, -0.1) is 0 Å². The molecule has 1 rings (SSSR count). The summed E-state index contributed by atoms with van der Waals surface area (Å²) in [6.45, 7) is 2.20. The molecule has 2 heteroatoms. The molecule has 0 heterocycles. The van der Waals surface area contributed by atoms with E-state index in [-0.39, 0.29) is 0 Å². The maximum atomic E-state index is 9.63. The molecule has 2 nitrogen and oxygen atoms in total. The fourth-order valence-corrected chi connectivity index (χ4v) is 1.63. The van der Waals surface area contributed by atoms with Gasteiger partial charge in [0.25, 0.3) is 0 Å². The van der Waals surface area contributed by atoms with Crippen molar-refractivity contribution >= 4 is 0 Å². The molecule has 0 unspecified atom stereocenters. The Bertz CT molecular complexity index is 295. The molecule has 0 saturated heterocycles. The molecule has 1 aromatic rings. The van der Waals surface area contributed by atoms with Gasteiger partial charge in [0.2, 0.25) is 0 Å². The Kier molecular flexibility index (Phi) is 5.02. The number of unbranched alkanes of at least 4 members (excludes halogenated alkanes) is 3. The van der Waals surface area contributed by atoms with E-state index in [0.29, 0.717) is 5.75 Å². The molecule has 15 heavy (non-hydrogen) atoms. The normalized spacial score (nSPS) is 10.3. The van der Waals surface area contributed by atoms with Crippen LogP contribution in [0.2, 0.25) is 0 Å². The second-order valence-corrected chi connectivity index (χ2v) is 3.81. The lowest BCUT2D eigenvalue weighted by atomic mass is 10.1. The average molecular weight is 208 g/mol. The van der Waals surface area contributed by atoms with Gasteiger partial charge in [0.1, 0.15) is 11.5 Å². The Labute approximate surface area is 91.9 Å². The number of ether oxygens (including phenoxy) is 1. The molecule has 0 radical (unpaired) electrons. The van der Waals surface area contributed by atoms with Crippen LogP contribution in [0.4, 0.5) is 0 Å². The number of hydrogen-bond donors (Lipinski definition) is 1. The van der Waals surface area contributed by atoms with Crippen molar-refractivity contribution in [3.63, 3.8) is 0 Å². The van der Waals surface area contributed by atoms with Gasteiger partial charge in [-0.3, -0.25) is 0 Å². The molecule has 0 bridgehead atoms. The van der Waals surface area contributed by atoms with Gasteiger partial charge in [0.05, 0.1) is 7.11 Å². The smallest absolute Gasteiger partial charge is 0.119 e. The SMILES string of the molecule is CCCCCCc1cc(OC)ccc1O. The Morgan fingerprint density at radius 3 is 2.67 bits per heavy atom. The zero-order valence-electron chi connectivity index (χ0n) is 9.62. The van der Waals surface area contributed by atoms with Crippen molar-refractivity contribution in [1.82, 2.24) is 0 Å². The van der Waals surface area contributed by atoms with Crippen LogP contribution in [0.15, 0.2) is 18.2 Å². The number of aromatic hydroxyl groups is 1. The number of aryl methyl sites for hydroxylation is 1. The van der Waals surface area contributed by atoms with Crippen LogP contribution in [0, 0.1) is 0 Å². The van der Waals surface area contributed by atoms with Gasteiger partial charge < -0.3 is 9.84 Å². The van der Waals surface area contributed by atoms with Crippen molar-refractivity contribution in [3.05, 3.63) is 23.8 Å². The standard InChI is InChI=1S/C13H20O2/c1-3-4-5-6-7-11-10-12(15-2)8-9-13(11)14/h8-10,14H,3-7H2,1-2H3. The van der Waals surface area contributed by atoms with Crippen LogP contribution < -0.4 is 4.74 Å². The van der Waals surface area contributed by atoms with E-state index in [2.05, 4.69) is 6.92 Å². The predicted molar refractivity (Wildman–Crippen MR) is 62.5 cm³/mol. The van der Waals surface area contributed by atoms with E-state index in [0.717, 1.165) is 24.2 Å². The molecule has 0 spiro atoms. The van der Waals surface area contributed by atoms with E-state index in [9.17, 15) is 5.11 Å². The Balaban J connectivity index is 2.51. The lowest BCUT2D eigenvalue weighted by Gasteiger charge is -2.06. The zero-order chi connectivity index (χ0) is 11.1. The van der Waals surface area contributed by atoms with E-state index in [1.807, 2.05) is 6.07 Å². The van der Waals surface area contributed by atoms with E-state index < -0.39 is 0 Å². The second kappa shape index (κ2) is 6.33. The molecule has 1 aromatic carbocycles. The van der Waals surface area contributed by atoms with Crippen LogP contribution in [-0.2, 0) is 6.42 Å². The van der Waals surface area contributed by atoms with Gasteiger partial charge >= 0.3 is 0 Å². The number of phenolic OH excluding ortho intramolecular Hbond substituents is 1. The lowest BCUT2D eigenvalue weighted by Crippen LogP contribution is -1.89. The summed E-state index contributed by atoms with van der Waals surface area (Å²) in [5.41, 5.74) is 0.991. The Morgan fingerprint density at radius 1 is 1.20 bits per heavy atom. The van der Waals surface area contributed by atoms with Crippen molar-refractivity contribution in [1.29, 1.82) is 0 Å². The van der Waals surface area contributed by atoms with Crippen molar-refractivity contribution in [3.8, 4) is 11.5 Å². The number of benzene rings is 1. The first-order chi connectivity index (χ1) is 7.27. The van der Waals surface area contributed by atoms with Gasteiger partial charge in [-0.2, -0.15) is 0 Å². The first-order valence-electron chi connectivity index (χ1n) is 5.63. The molecule has 0 aromatic heterocycles. The number of methoxy groups -OCH3 is 1. The van der Waals surface area contributed by atoms with Crippen LogP contribution in [-0.4, -0.2) is 12.2 Å². The van der Waals surface area contributed by atoms with E-state index in [4.69, 9.17) is 4.74 Å². The highest BCUT2D eigenvalue weighted by atomic mass is 16.5. The van der Waals surface area contributed by atoms with Crippen molar-refractivity contribution < 1.29 is 9.84 Å². The highest BCUT2D eigenvalue weighted by Crippen LogP contribution is 2.24. The molecular weight excluding hydrogens is 188 g/mol.